The molecule has 3 aromatic carbocycles. The maximum atomic E-state index is 14.3. The second kappa shape index (κ2) is 16.6. The second-order valence-electron chi connectivity index (χ2n) is 11.5. The van der Waals surface area contributed by atoms with Gasteiger partial charge in [-0.2, -0.15) is 4.31 Å². The maximum Gasteiger partial charge on any atom is 0.421 e. The van der Waals surface area contributed by atoms with Crippen molar-refractivity contribution in [3.63, 3.8) is 0 Å². The molecule has 3 aromatic heterocycles. The fraction of sp³-hybridized carbons (Fsp3) is 0.194. The van der Waals surface area contributed by atoms with Crippen LogP contribution in [0.4, 0.5) is 10.5 Å². The van der Waals surface area contributed by atoms with Crippen molar-refractivity contribution < 1.29 is 32.4 Å². The number of carbonyl (C=O) groups excluding carboxylic acids is 2. The van der Waals surface area contributed by atoms with Crippen LogP contribution in [0.3, 0.4) is 0 Å². The molecular weight excluding hydrogens is 725 g/mol. The largest absolute Gasteiger partial charge is 0.452 e. The van der Waals surface area contributed by atoms with Gasteiger partial charge < -0.3 is 20.1 Å². The van der Waals surface area contributed by atoms with Crippen molar-refractivity contribution in [2.24, 2.45) is 5.73 Å². The first kappa shape index (κ1) is 36.8. The van der Waals surface area contributed by atoms with Crippen LogP contribution in [0.25, 0.3) is 10.2 Å². The number of rotatable bonds is 14. The number of hydrogen-bond acceptors (Lipinski definition) is 13. The van der Waals surface area contributed by atoms with Crippen LogP contribution in [-0.2, 0) is 26.1 Å². The molecular formula is C36H34N6O7S3. The molecule has 52 heavy (non-hydrogen) atoms. The average Bonchev–Trinajstić information content (AvgIpc) is 3.88. The number of ether oxygens (including phenoxy) is 1. The molecule has 6 rings (SSSR count). The Bertz CT molecular complexity index is 2180. The third kappa shape index (κ3) is 7.91. The van der Waals surface area contributed by atoms with Crippen LogP contribution >= 0.6 is 23.1 Å². The number of hydrogen-bond donors (Lipinski definition) is 2. The summed E-state index contributed by atoms with van der Waals surface area (Å²) in [6.07, 6.45) is 4.57. The zero-order valence-corrected chi connectivity index (χ0v) is 30.2. The first-order chi connectivity index (χ1) is 25.2. The van der Waals surface area contributed by atoms with E-state index >= 15 is 0 Å². The topological polar surface area (TPSA) is 182 Å². The highest BCUT2D eigenvalue weighted by molar-refractivity contribution is 7.99. The van der Waals surface area contributed by atoms with E-state index in [9.17, 15) is 23.1 Å². The van der Waals surface area contributed by atoms with Crippen LogP contribution in [0.1, 0.15) is 22.6 Å². The lowest BCUT2D eigenvalue weighted by molar-refractivity contribution is -0.119. The summed E-state index contributed by atoms with van der Waals surface area (Å²) in [5.41, 5.74) is 11.1. The molecule has 0 aliphatic heterocycles. The number of anilines is 1. The van der Waals surface area contributed by atoms with Crippen LogP contribution in [0.2, 0.25) is 0 Å². The minimum absolute atomic E-state index is 0.00668. The first-order valence-corrected chi connectivity index (χ1v) is 19.2. The molecule has 0 saturated carbocycles. The lowest BCUT2D eigenvalue weighted by Crippen LogP contribution is -2.50. The van der Waals surface area contributed by atoms with Gasteiger partial charge in [0.15, 0.2) is 0 Å². The summed E-state index contributed by atoms with van der Waals surface area (Å²) in [6.45, 7) is -0.704. The summed E-state index contributed by atoms with van der Waals surface area (Å²) < 4.78 is 40.3. The number of aliphatic hydroxyl groups excluding tert-OH is 1. The smallest absolute Gasteiger partial charge is 0.421 e. The van der Waals surface area contributed by atoms with Gasteiger partial charge in [0.2, 0.25) is 10.0 Å². The van der Waals surface area contributed by atoms with Crippen molar-refractivity contribution in [1.29, 1.82) is 0 Å². The van der Waals surface area contributed by atoms with E-state index < -0.39 is 46.6 Å². The molecule has 0 aliphatic rings. The van der Waals surface area contributed by atoms with Gasteiger partial charge in [0, 0.05) is 34.9 Å². The van der Waals surface area contributed by atoms with Crippen LogP contribution in [0.15, 0.2) is 130 Å². The zero-order chi connectivity index (χ0) is 36.7. The van der Waals surface area contributed by atoms with Gasteiger partial charge in [0.1, 0.15) is 6.26 Å². The van der Waals surface area contributed by atoms with Crippen LogP contribution in [0.5, 0.6) is 0 Å². The second-order valence-corrected chi connectivity index (χ2v) is 15.4. The molecule has 0 saturated heterocycles. The predicted octanol–water partition coefficient (Wildman–Crippen LogP) is 5.28. The Morgan fingerprint density at radius 3 is 2.37 bits per heavy atom. The Morgan fingerprint density at radius 1 is 1.02 bits per heavy atom. The molecule has 0 fully saturated rings. The fourth-order valence-corrected chi connectivity index (χ4v) is 9.34. The van der Waals surface area contributed by atoms with E-state index in [1.165, 1.54) is 46.6 Å². The van der Waals surface area contributed by atoms with E-state index in [0.717, 1.165) is 34.9 Å². The van der Waals surface area contributed by atoms with E-state index in [1.54, 1.807) is 23.7 Å². The number of carbonyl (C=O) groups is 2. The van der Waals surface area contributed by atoms with Crippen molar-refractivity contribution in [3.8, 4) is 0 Å². The molecule has 268 valence electrons. The summed E-state index contributed by atoms with van der Waals surface area (Å²) in [7, 11) is -3.04. The highest BCUT2D eigenvalue weighted by Gasteiger charge is 2.37. The number of methoxy groups -OCH3 is 1. The van der Waals surface area contributed by atoms with Crippen LogP contribution in [-0.4, -0.2) is 76.5 Å². The lowest BCUT2D eigenvalue weighted by Gasteiger charge is -2.30. The number of nitrogens with two attached hydrogens (primary N) is 1. The van der Waals surface area contributed by atoms with Gasteiger partial charge >= 0.3 is 6.09 Å². The number of pyridine rings is 1. The predicted molar refractivity (Wildman–Crippen MR) is 197 cm³/mol. The number of imide groups is 1. The van der Waals surface area contributed by atoms with Gasteiger partial charge in [0.25, 0.3) is 5.91 Å². The monoisotopic (exact) mass is 758 g/mol. The fourth-order valence-electron chi connectivity index (χ4n) is 5.72. The standard InChI is InChI=1S/C36H34N6O7S3/c1-48-36(45)42(35(44)34(37)33(25-8-4-2-5-9-25)26-10-6-3-7-11-26)30-18-38-15-14-31(30)50-22-27(20-43)41(19-24-17-40-49-21-24)52(46,47)28-12-13-29-32(16-28)51-23-39-29/h2-18,21,23,27,33-34,43H,19-20,22,37H2,1H3/t27-,34+/m1/s1. The molecule has 16 heteroatoms. The number of thiazole rings is 1. The number of amides is 2. The van der Waals surface area contributed by atoms with Crippen molar-refractivity contribution >= 4 is 61.0 Å². The zero-order valence-electron chi connectivity index (χ0n) is 27.8. The minimum Gasteiger partial charge on any atom is -0.452 e. The molecule has 0 radical (unpaired) electrons. The van der Waals surface area contributed by atoms with Crippen LogP contribution in [0, 0.1) is 0 Å². The summed E-state index contributed by atoms with van der Waals surface area (Å²) in [5, 5.41) is 14.4. The van der Waals surface area contributed by atoms with E-state index in [4.69, 9.17) is 15.0 Å². The Kier molecular flexibility index (Phi) is 11.7. The molecule has 2 amide bonds. The van der Waals surface area contributed by atoms with E-state index in [1.807, 2.05) is 60.7 Å². The van der Waals surface area contributed by atoms with Crippen molar-refractivity contribution in [1.82, 2.24) is 19.4 Å². The quantitative estimate of drug-likeness (QED) is 0.137. The molecule has 13 nitrogen and oxygen atoms in total. The minimum atomic E-state index is -4.19. The highest BCUT2D eigenvalue weighted by Crippen LogP contribution is 2.35. The van der Waals surface area contributed by atoms with Gasteiger partial charge in [-0.05, 0) is 35.4 Å². The van der Waals surface area contributed by atoms with E-state index in [-0.39, 0.29) is 22.9 Å². The summed E-state index contributed by atoms with van der Waals surface area (Å²) in [6, 6.07) is 22.6. The van der Waals surface area contributed by atoms with Crippen molar-refractivity contribution in [2.45, 2.75) is 34.3 Å². The molecule has 3 heterocycles. The Morgan fingerprint density at radius 2 is 1.73 bits per heavy atom. The average molecular weight is 759 g/mol. The van der Waals surface area contributed by atoms with Gasteiger partial charge in [-0.25, -0.2) is 23.1 Å². The van der Waals surface area contributed by atoms with Gasteiger partial charge in [-0.3, -0.25) is 9.78 Å². The molecule has 3 N–H and O–H groups in total. The van der Waals surface area contributed by atoms with Crippen LogP contribution < -0.4 is 10.6 Å². The third-order valence-corrected chi connectivity index (χ3v) is 12.2. The Hall–Kier alpha value is -4.97. The van der Waals surface area contributed by atoms with Crippen molar-refractivity contribution in [3.05, 3.63) is 132 Å². The number of aliphatic hydroxyl groups is 1. The van der Waals surface area contributed by atoms with Gasteiger partial charge in [-0.1, -0.05) is 65.8 Å². The number of aromatic nitrogens is 3. The summed E-state index contributed by atoms with van der Waals surface area (Å²) >= 11 is 2.44. The lowest BCUT2D eigenvalue weighted by atomic mass is 9.85. The molecule has 2 atom stereocenters. The number of nitrogens with zero attached hydrogens (tertiary/aromatic N) is 5. The SMILES string of the molecule is COC(=O)N(C(=O)[C@@H](N)C(c1ccccc1)c1ccccc1)c1cnccc1SC[C@@H](CO)N(Cc1cnoc1)S(=O)(=O)c1ccc2ncsc2c1. The number of benzene rings is 3. The van der Waals surface area contributed by atoms with E-state index in [2.05, 4.69) is 15.1 Å². The molecule has 6 aromatic rings. The molecule has 0 unspecified atom stereocenters. The summed E-state index contributed by atoms with van der Waals surface area (Å²) in [5.74, 6) is -1.35. The normalized spacial score (nSPS) is 12.9. The summed E-state index contributed by atoms with van der Waals surface area (Å²) in [4.78, 5) is 37.4. The number of fused-ring (bicyclic) bond motifs is 1. The van der Waals surface area contributed by atoms with Gasteiger partial charge in [-0.15, -0.1) is 23.1 Å². The highest BCUT2D eigenvalue weighted by atomic mass is 32.2. The van der Waals surface area contributed by atoms with Gasteiger partial charge in [0.05, 0.1) is 64.5 Å². The van der Waals surface area contributed by atoms with Crippen molar-refractivity contribution in [2.75, 3.05) is 24.4 Å². The van der Waals surface area contributed by atoms with E-state index in [0.29, 0.717) is 20.7 Å². The molecule has 0 spiro atoms. The Labute approximate surface area is 308 Å². The number of thioether (sulfide) groups is 1. The first-order valence-electron chi connectivity index (χ1n) is 15.9. The maximum absolute atomic E-state index is 14.3. The molecule has 0 aliphatic carbocycles. The molecule has 0 bridgehead atoms. The Balaban J connectivity index is 1.32. The number of sulfonamides is 1. The third-order valence-electron chi connectivity index (χ3n) is 8.32.